The van der Waals surface area contributed by atoms with Crippen LogP contribution in [0.1, 0.15) is 16.1 Å². The number of hydrogen-bond acceptors (Lipinski definition) is 6. The zero-order valence-corrected chi connectivity index (χ0v) is 16.2. The lowest BCUT2D eigenvalue weighted by Crippen LogP contribution is -2.35. The lowest BCUT2D eigenvalue weighted by Gasteiger charge is -2.26. The predicted molar refractivity (Wildman–Crippen MR) is 109 cm³/mol. The van der Waals surface area contributed by atoms with Gasteiger partial charge in [-0.05, 0) is 29.8 Å². The van der Waals surface area contributed by atoms with Gasteiger partial charge in [-0.1, -0.05) is 18.2 Å². The van der Waals surface area contributed by atoms with Crippen molar-refractivity contribution >= 4 is 11.7 Å². The maximum Gasteiger partial charge on any atom is 0.274 e. The first-order valence-electron chi connectivity index (χ1n) is 9.47. The molecule has 0 aliphatic carbocycles. The van der Waals surface area contributed by atoms with Gasteiger partial charge in [0, 0.05) is 31.4 Å². The average Bonchev–Trinajstić information content (AvgIpc) is 3.26. The third kappa shape index (κ3) is 4.79. The number of benzene rings is 1. The number of aromatic amines is 1. The number of pyridine rings is 1. The fraction of sp³-hybridized carbons (Fsp3) is 0.286. The van der Waals surface area contributed by atoms with Crippen LogP contribution < -0.4 is 10.1 Å². The molecule has 29 heavy (non-hydrogen) atoms. The van der Waals surface area contributed by atoms with Crippen molar-refractivity contribution < 1.29 is 14.3 Å². The minimum absolute atomic E-state index is 0.292. The Morgan fingerprint density at radius 3 is 2.86 bits per heavy atom. The number of aromatic nitrogens is 3. The molecule has 3 heterocycles. The Bertz CT molecular complexity index is 964. The molecule has 2 aromatic heterocycles. The number of hydrogen-bond donors (Lipinski definition) is 2. The Morgan fingerprint density at radius 1 is 1.24 bits per heavy atom. The number of amides is 1. The van der Waals surface area contributed by atoms with Crippen LogP contribution in [-0.4, -0.2) is 59.4 Å². The lowest BCUT2D eigenvalue weighted by atomic mass is 10.1. The fourth-order valence-electron chi connectivity index (χ4n) is 3.16. The molecule has 1 aliphatic rings. The standard InChI is InChI=1S/C21H23N5O3/c1-28-17-4-2-3-16(11-17)18-12-19(25-24-18)21(27)23-20-6-5-15(13-22-20)14-26-7-9-29-10-8-26/h2-6,11-13H,7-10,14H2,1H3,(H,24,25)(H,22,23,27). The SMILES string of the molecule is COc1cccc(-c2cc(C(=O)Nc3ccc(CN4CCOCC4)cn3)[nH]n2)c1. The Kier molecular flexibility index (Phi) is 5.83. The number of carbonyl (C=O) groups is 1. The maximum atomic E-state index is 12.5. The molecule has 0 spiro atoms. The minimum Gasteiger partial charge on any atom is -0.497 e. The second-order valence-corrected chi connectivity index (χ2v) is 6.79. The van der Waals surface area contributed by atoms with Gasteiger partial charge in [-0.3, -0.25) is 14.8 Å². The highest BCUT2D eigenvalue weighted by molar-refractivity contribution is 6.02. The molecule has 8 heteroatoms. The van der Waals surface area contributed by atoms with Crippen LogP contribution in [0.4, 0.5) is 5.82 Å². The van der Waals surface area contributed by atoms with Crippen molar-refractivity contribution in [3.05, 3.63) is 59.9 Å². The maximum absolute atomic E-state index is 12.5. The molecule has 4 rings (SSSR count). The topological polar surface area (TPSA) is 92.4 Å². The average molecular weight is 393 g/mol. The molecule has 8 nitrogen and oxygen atoms in total. The predicted octanol–water partition coefficient (Wildman–Crippen LogP) is 2.56. The van der Waals surface area contributed by atoms with Gasteiger partial charge < -0.3 is 14.8 Å². The Morgan fingerprint density at radius 2 is 2.10 bits per heavy atom. The number of rotatable bonds is 6. The van der Waals surface area contributed by atoms with Gasteiger partial charge in [0.1, 0.15) is 17.3 Å². The fourth-order valence-corrected chi connectivity index (χ4v) is 3.16. The van der Waals surface area contributed by atoms with Crippen LogP contribution in [0.15, 0.2) is 48.7 Å². The van der Waals surface area contributed by atoms with Crippen LogP contribution in [0.25, 0.3) is 11.3 Å². The molecule has 1 fully saturated rings. The summed E-state index contributed by atoms with van der Waals surface area (Å²) >= 11 is 0. The minimum atomic E-state index is -0.292. The third-order valence-electron chi connectivity index (χ3n) is 4.76. The number of nitrogens with one attached hydrogen (secondary N) is 2. The van der Waals surface area contributed by atoms with Gasteiger partial charge in [-0.15, -0.1) is 0 Å². The van der Waals surface area contributed by atoms with Crippen LogP contribution in [0.5, 0.6) is 5.75 Å². The van der Waals surface area contributed by atoms with Gasteiger partial charge in [0.15, 0.2) is 0 Å². The van der Waals surface area contributed by atoms with Gasteiger partial charge in [0.2, 0.25) is 0 Å². The van der Waals surface area contributed by atoms with E-state index < -0.39 is 0 Å². The van der Waals surface area contributed by atoms with Crippen LogP contribution in [0.2, 0.25) is 0 Å². The molecule has 0 saturated carbocycles. The van der Waals surface area contributed by atoms with Gasteiger partial charge in [-0.2, -0.15) is 5.10 Å². The molecule has 0 bridgehead atoms. The van der Waals surface area contributed by atoms with Crippen LogP contribution in [0, 0.1) is 0 Å². The van der Waals surface area contributed by atoms with Crippen LogP contribution >= 0.6 is 0 Å². The summed E-state index contributed by atoms with van der Waals surface area (Å²) in [6.07, 6.45) is 1.79. The van der Waals surface area contributed by atoms with E-state index in [1.54, 1.807) is 19.4 Å². The molecule has 1 amide bonds. The van der Waals surface area contributed by atoms with E-state index in [9.17, 15) is 4.79 Å². The second-order valence-electron chi connectivity index (χ2n) is 6.79. The molecule has 2 N–H and O–H groups in total. The van der Waals surface area contributed by atoms with E-state index in [4.69, 9.17) is 9.47 Å². The smallest absolute Gasteiger partial charge is 0.274 e. The largest absolute Gasteiger partial charge is 0.497 e. The number of carbonyl (C=O) groups excluding carboxylic acids is 1. The van der Waals surface area contributed by atoms with Gasteiger partial charge in [0.25, 0.3) is 5.91 Å². The van der Waals surface area contributed by atoms with Crippen LogP contribution in [-0.2, 0) is 11.3 Å². The van der Waals surface area contributed by atoms with Crippen molar-refractivity contribution in [2.45, 2.75) is 6.54 Å². The van der Waals surface area contributed by atoms with E-state index in [1.807, 2.05) is 36.4 Å². The second kappa shape index (κ2) is 8.85. The number of ether oxygens (including phenoxy) is 2. The zero-order valence-electron chi connectivity index (χ0n) is 16.2. The molecule has 0 unspecified atom stereocenters. The highest BCUT2D eigenvalue weighted by Crippen LogP contribution is 2.22. The monoisotopic (exact) mass is 393 g/mol. The van der Waals surface area contributed by atoms with E-state index in [0.29, 0.717) is 17.2 Å². The summed E-state index contributed by atoms with van der Waals surface area (Å²) in [5.74, 6) is 0.941. The summed E-state index contributed by atoms with van der Waals surface area (Å²) in [6.45, 7) is 4.21. The first-order chi connectivity index (χ1) is 14.2. The molecule has 1 saturated heterocycles. The lowest BCUT2D eigenvalue weighted by molar-refractivity contribution is 0.0341. The quantitative estimate of drug-likeness (QED) is 0.669. The van der Waals surface area contributed by atoms with Crippen molar-refractivity contribution in [3.8, 4) is 17.0 Å². The molecule has 150 valence electrons. The Labute approximate surface area is 168 Å². The highest BCUT2D eigenvalue weighted by Gasteiger charge is 2.14. The van der Waals surface area contributed by atoms with Crippen molar-refractivity contribution in [1.82, 2.24) is 20.1 Å². The van der Waals surface area contributed by atoms with E-state index >= 15 is 0 Å². The molecule has 1 aliphatic heterocycles. The zero-order chi connectivity index (χ0) is 20.1. The third-order valence-corrected chi connectivity index (χ3v) is 4.76. The van der Waals surface area contributed by atoms with Gasteiger partial charge >= 0.3 is 0 Å². The van der Waals surface area contributed by atoms with E-state index in [1.165, 1.54) is 0 Å². The van der Waals surface area contributed by atoms with Crippen molar-refractivity contribution in [2.24, 2.45) is 0 Å². The van der Waals surface area contributed by atoms with E-state index in [-0.39, 0.29) is 5.91 Å². The summed E-state index contributed by atoms with van der Waals surface area (Å²) in [6, 6.07) is 13.0. The van der Waals surface area contributed by atoms with Crippen LogP contribution in [0.3, 0.4) is 0 Å². The number of methoxy groups -OCH3 is 1. The summed E-state index contributed by atoms with van der Waals surface area (Å²) in [5.41, 5.74) is 3.00. The molecule has 0 atom stereocenters. The van der Waals surface area contributed by atoms with Gasteiger partial charge in [-0.25, -0.2) is 4.98 Å². The summed E-state index contributed by atoms with van der Waals surface area (Å²) < 4.78 is 10.6. The van der Waals surface area contributed by atoms with Crippen molar-refractivity contribution in [1.29, 1.82) is 0 Å². The number of nitrogens with zero attached hydrogens (tertiary/aromatic N) is 3. The van der Waals surface area contributed by atoms with E-state index in [0.717, 1.165) is 49.7 Å². The highest BCUT2D eigenvalue weighted by atomic mass is 16.5. The Hall–Kier alpha value is -3.23. The van der Waals surface area contributed by atoms with Crippen molar-refractivity contribution in [3.63, 3.8) is 0 Å². The molecule has 0 radical (unpaired) electrons. The number of H-pyrrole nitrogens is 1. The first kappa shape index (κ1) is 19.1. The summed E-state index contributed by atoms with van der Waals surface area (Å²) in [5, 5.41) is 9.80. The van der Waals surface area contributed by atoms with E-state index in [2.05, 4.69) is 25.4 Å². The molecule has 3 aromatic rings. The molecular formula is C21H23N5O3. The Balaban J connectivity index is 1.38. The summed E-state index contributed by atoms with van der Waals surface area (Å²) in [7, 11) is 1.61. The molecule has 1 aromatic carbocycles. The first-order valence-corrected chi connectivity index (χ1v) is 9.47. The normalized spacial score (nSPS) is 14.5. The van der Waals surface area contributed by atoms with Crippen molar-refractivity contribution in [2.75, 3.05) is 38.7 Å². The number of morpholine rings is 1. The van der Waals surface area contributed by atoms with Gasteiger partial charge in [0.05, 0.1) is 26.0 Å². The number of anilines is 1. The summed E-state index contributed by atoms with van der Waals surface area (Å²) in [4.78, 5) is 19.2. The molecular weight excluding hydrogens is 370 g/mol.